The molecule has 104 valence electrons. The molecule has 1 heterocycles. The maximum Gasteiger partial charge on any atom is 0.292 e. The van der Waals surface area contributed by atoms with Crippen molar-refractivity contribution in [2.24, 2.45) is 11.8 Å². The maximum absolute atomic E-state index is 10.9. The van der Waals surface area contributed by atoms with Gasteiger partial charge in [-0.1, -0.05) is 13.0 Å². The van der Waals surface area contributed by atoms with E-state index in [2.05, 4.69) is 12.0 Å². The SMILES string of the molecule is CC1CC1Cn1cc(-c2ccc(N)c([N+](=O)[O-])c2)cn1. The van der Waals surface area contributed by atoms with Crippen molar-refractivity contribution in [3.05, 3.63) is 40.7 Å². The summed E-state index contributed by atoms with van der Waals surface area (Å²) in [5.74, 6) is 1.49. The maximum atomic E-state index is 10.9. The first-order valence-corrected chi connectivity index (χ1v) is 6.61. The topological polar surface area (TPSA) is 87.0 Å². The lowest BCUT2D eigenvalue weighted by Gasteiger charge is -2.01. The van der Waals surface area contributed by atoms with Gasteiger partial charge in [0.2, 0.25) is 0 Å². The monoisotopic (exact) mass is 272 g/mol. The summed E-state index contributed by atoms with van der Waals surface area (Å²) in [4.78, 5) is 10.4. The molecular formula is C14H16N4O2. The van der Waals surface area contributed by atoms with Crippen molar-refractivity contribution in [1.82, 2.24) is 9.78 Å². The number of nitrogens with zero attached hydrogens (tertiary/aromatic N) is 3. The molecule has 0 spiro atoms. The molecule has 2 atom stereocenters. The predicted molar refractivity (Wildman–Crippen MR) is 76.0 cm³/mol. The minimum atomic E-state index is -0.463. The van der Waals surface area contributed by atoms with Crippen molar-refractivity contribution in [3.8, 4) is 11.1 Å². The Hall–Kier alpha value is -2.37. The lowest BCUT2D eigenvalue weighted by molar-refractivity contribution is -0.383. The second kappa shape index (κ2) is 4.63. The van der Waals surface area contributed by atoms with E-state index < -0.39 is 4.92 Å². The normalized spacial score (nSPS) is 20.9. The highest BCUT2D eigenvalue weighted by molar-refractivity contribution is 5.71. The van der Waals surface area contributed by atoms with Gasteiger partial charge in [0.25, 0.3) is 5.69 Å². The van der Waals surface area contributed by atoms with Crippen LogP contribution < -0.4 is 5.73 Å². The number of hydrogen-bond acceptors (Lipinski definition) is 4. The number of nitro benzene ring substituents is 1. The smallest absolute Gasteiger partial charge is 0.292 e. The van der Waals surface area contributed by atoms with E-state index in [-0.39, 0.29) is 11.4 Å². The first-order valence-electron chi connectivity index (χ1n) is 6.61. The zero-order valence-corrected chi connectivity index (χ0v) is 11.2. The van der Waals surface area contributed by atoms with Crippen molar-refractivity contribution in [1.29, 1.82) is 0 Å². The van der Waals surface area contributed by atoms with Crippen LogP contribution in [-0.2, 0) is 6.54 Å². The molecule has 3 rings (SSSR count). The number of benzene rings is 1. The first kappa shape index (κ1) is 12.7. The molecule has 2 unspecified atom stereocenters. The molecule has 0 amide bonds. The fraction of sp³-hybridized carbons (Fsp3) is 0.357. The van der Waals surface area contributed by atoms with Crippen LogP contribution in [0.2, 0.25) is 0 Å². The average Bonchev–Trinajstić information content (AvgIpc) is 2.89. The van der Waals surface area contributed by atoms with Crippen LogP contribution in [-0.4, -0.2) is 14.7 Å². The zero-order valence-electron chi connectivity index (χ0n) is 11.2. The number of nitro groups is 1. The lowest BCUT2D eigenvalue weighted by Crippen LogP contribution is -2.00. The van der Waals surface area contributed by atoms with Crippen molar-refractivity contribution in [2.45, 2.75) is 19.9 Å². The summed E-state index contributed by atoms with van der Waals surface area (Å²) < 4.78 is 1.91. The van der Waals surface area contributed by atoms with Gasteiger partial charge < -0.3 is 5.73 Å². The van der Waals surface area contributed by atoms with Gasteiger partial charge in [-0.3, -0.25) is 14.8 Å². The van der Waals surface area contributed by atoms with Gasteiger partial charge in [0.1, 0.15) is 5.69 Å². The molecule has 0 bridgehead atoms. The number of hydrogen-bond donors (Lipinski definition) is 1. The quantitative estimate of drug-likeness (QED) is 0.526. The Morgan fingerprint density at radius 3 is 2.90 bits per heavy atom. The van der Waals surface area contributed by atoms with E-state index in [4.69, 9.17) is 5.73 Å². The molecule has 0 radical (unpaired) electrons. The van der Waals surface area contributed by atoms with Crippen LogP contribution in [0.4, 0.5) is 11.4 Å². The highest BCUT2D eigenvalue weighted by Crippen LogP contribution is 2.39. The molecule has 1 aliphatic rings. The summed E-state index contributed by atoms with van der Waals surface area (Å²) in [5, 5.41) is 15.2. The Morgan fingerprint density at radius 2 is 2.25 bits per heavy atom. The summed E-state index contributed by atoms with van der Waals surface area (Å²) in [6.07, 6.45) is 4.92. The Balaban J connectivity index is 1.85. The van der Waals surface area contributed by atoms with Gasteiger partial charge in [-0.2, -0.15) is 5.10 Å². The minimum absolute atomic E-state index is 0.0638. The van der Waals surface area contributed by atoms with Gasteiger partial charge in [0.15, 0.2) is 0 Å². The van der Waals surface area contributed by atoms with E-state index in [0.29, 0.717) is 5.92 Å². The highest BCUT2D eigenvalue weighted by Gasteiger charge is 2.32. The van der Waals surface area contributed by atoms with E-state index in [1.54, 1.807) is 18.3 Å². The van der Waals surface area contributed by atoms with E-state index in [1.807, 2.05) is 10.9 Å². The molecule has 20 heavy (non-hydrogen) atoms. The standard InChI is InChI=1S/C14H16N4O2/c1-9-4-11(9)7-17-8-12(6-16-17)10-2-3-13(15)14(5-10)18(19)20/h2-3,5-6,8-9,11H,4,7,15H2,1H3. The Morgan fingerprint density at radius 1 is 1.50 bits per heavy atom. The van der Waals surface area contributed by atoms with Crippen molar-refractivity contribution < 1.29 is 4.92 Å². The van der Waals surface area contributed by atoms with Crippen molar-refractivity contribution >= 4 is 11.4 Å². The van der Waals surface area contributed by atoms with Crippen LogP contribution in [0.3, 0.4) is 0 Å². The van der Waals surface area contributed by atoms with Crippen LogP contribution in [0.5, 0.6) is 0 Å². The average molecular weight is 272 g/mol. The van der Waals surface area contributed by atoms with Gasteiger partial charge in [-0.15, -0.1) is 0 Å². The third-order valence-electron chi connectivity index (χ3n) is 3.89. The third-order valence-corrected chi connectivity index (χ3v) is 3.89. The van der Waals surface area contributed by atoms with Crippen LogP contribution >= 0.6 is 0 Å². The molecule has 1 aromatic carbocycles. The molecule has 2 aromatic rings. The molecule has 0 aliphatic heterocycles. The van der Waals surface area contributed by atoms with E-state index in [1.165, 1.54) is 12.5 Å². The van der Waals surface area contributed by atoms with Gasteiger partial charge in [0, 0.05) is 24.4 Å². The zero-order chi connectivity index (χ0) is 14.3. The van der Waals surface area contributed by atoms with Gasteiger partial charge in [-0.25, -0.2) is 0 Å². The number of nitrogen functional groups attached to an aromatic ring is 1. The molecule has 1 aliphatic carbocycles. The molecular weight excluding hydrogens is 256 g/mol. The Labute approximate surface area is 116 Å². The second-order valence-corrected chi connectivity index (χ2v) is 5.45. The Kier molecular flexibility index (Phi) is 2.93. The fourth-order valence-electron chi connectivity index (χ4n) is 2.39. The summed E-state index contributed by atoms with van der Waals surface area (Å²) in [7, 11) is 0. The Bertz CT molecular complexity index is 665. The van der Waals surface area contributed by atoms with Crippen LogP contribution in [0.25, 0.3) is 11.1 Å². The largest absolute Gasteiger partial charge is 0.393 e. The first-order chi connectivity index (χ1) is 9.54. The molecule has 1 saturated carbocycles. The van der Waals surface area contributed by atoms with Crippen LogP contribution in [0.15, 0.2) is 30.6 Å². The van der Waals surface area contributed by atoms with E-state index in [9.17, 15) is 10.1 Å². The van der Waals surface area contributed by atoms with Gasteiger partial charge in [0.05, 0.1) is 11.1 Å². The minimum Gasteiger partial charge on any atom is -0.393 e. The summed E-state index contributed by atoms with van der Waals surface area (Å²) in [5.41, 5.74) is 7.36. The van der Waals surface area contributed by atoms with Crippen LogP contribution in [0, 0.1) is 22.0 Å². The van der Waals surface area contributed by atoms with Crippen molar-refractivity contribution in [2.75, 3.05) is 5.73 Å². The van der Waals surface area contributed by atoms with Crippen LogP contribution in [0.1, 0.15) is 13.3 Å². The molecule has 6 nitrogen and oxygen atoms in total. The van der Waals surface area contributed by atoms with Gasteiger partial charge >= 0.3 is 0 Å². The third kappa shape index (κ3) is 2.36. The summed E-state index contributed by atoms with van der Waals surface area (Å²) in [6.45, 7) is 3.15. The lowest BCUT2D eigenvalue weighted by atomic mass is 10.1. The molecule has 0 saturated heterocycles. The van der Waals surface area contributed by atoms with Crippen molar-refractivity contribution in [3.63, 3.8) is 0 Å². The molecule has 1 fully saturated rings. The predicted octanol–water partition coefficient (Wildman–Crippen LogP) is 2.70. The molecule has 6 heteroatoms. The van der Waals surface area contributed by atoms with Gasteiger partial charge in [-0.05, 0) is 29.9 Å². The second-order valence-electron chi connectivity index (χ2n) is 5.45. The highest BCUT2D eigenvalue weighted by atomic mass is 16.6. The number of aromatic nitrogens is 2. The number of anilines is 1. The van der Waals surface area contributed by atoms with E-state index in [0.717, 1.165) is 23.6 Å². The van der Waals surface area contributed by atoms with E-state index >= 15 is 0 Å². The molecule has 2 N–H and O–H groups in total. The fourth-order valence-corrected chi connectivity index (χ4v) is 2.39. The number of nitrogens with two attached hydrogens (primary N) is 1. The molecule has 1 aromatic heterocycles. The summed E-state index contributed by atoms with van der Waals surface area (Å²) in [6, 6.07) is 4.84. The number of rotatable bonds is 4. The summed E-state index contributed by atoms with van der Waals surface area (Å²) >= 11 is 0.